The largest absolute Gasteiger partial charge is 0.435 e. The highest BCUT2D eigenvalue weighted by atomic mass is 19.4. The van der Waals surface area contributed by atoms with E-state index < -0.39 is 22.9 Å². The fourth-order valence-corrected chi connectivity index (χ4v) is 3.54. The van der Waals surface area contributed by atoms with Crippen molar-refractivity contribution in [2.24, 2.45) is 7.05 Å². The van der Waals surface area contributed by atoms with Crippen molar-refractivity contribution in [1.29, 1.82) is 0 Å². The molecular formula is C22H18F3N5O3. The predicted octanol–water partition coefficient (Wildman–Crippen LogP) is 4.48. The lowest BCUT2D eigenvalue weighted by atomic mass is 9.98. The monoisotopic (exact) mass is 457 g/mol. The van der Waals surface area contributed by atoms with Crippen molar-refractivity contribution in [3.63, 3.8) is 0 Å². The van der Waals surface area contributed by atoms with Crippen LogP contribution in [0.4, 0.5) is 18.9 Å². The standard InChI is InChI=1S/C22H18F3N5O3/c1-28-18(13-21(27-28)22(23,24)25)15-3-4-16(19(11-15)30(32)33)12-20(31)14-5-7-17(8-6-14)29-10-2-9-26-29/h2-11,13,20,31H,12H2,1H3. The van der Waals surface area contributed by atoms with Crippen LogP contribution in [0.3, 0.4) is 0 Å². The maximum atomic E-state index is 13.0. The van der Waals surface area contributed by atoms with Crippen molar-refractivity contribution in [2.45, 2.75) is 18.7 Å². The van der Waals surface area contributed by atoms with Crippen molar-refractivity contribution in [3.8, 4) is 16.9 Å². The molecule has 33 heavy (non-hydrogen) atoms. The fraction of sp³-hybridized carbons (Fsp3) is 0.182. The van der Waals surface area contributed by atoms with Crippen LogP contribution in [0.25, 0.3) is 16.9 Å². The van der Waals surface area contributed by atoms with E-state index in [0.29, 0.717) is 5.56 Å². The maximum Gasteiger partial charge on any atom is 0.435 e. The number of hydrogen-bond donors (Lipinski definition) is 1. The number of benzene rings is 2. The van der Waals surface area contributed by atoms with Crippen molar-refractivity contribution in [3.05, 3.63) is 93.9 Å². The number of aliphatic hydroxyl groups excluding tert-OH is 1. The van der Waals surface area contributed by atoms with E-state index in [2.05, 4.69) is 10.2 Å². The van der Waals surface area contributed by atoms with Crippen LogP contribution in [0.1, 0.15) is 22.9 Å². The first kappa shape index (κ1) is 22.2. The third kappa shape index (κ3) is 4.62. The molecule has 2 aromatic carbocycles. The Morgan fingerprint density at radius 3 is 2.45 bits per heavy atom. The van der Waals surface area contributed by atoms with Gasteiger partial charge in [-0.25, -0.2) is 4.68 Å². The molecule has 0 saturated heterocycles. The fourth-order valence-electron chi connectivity index (χ4n) is 3.54. The topological polar surface area (TPSA) is 99.0 Å². The zero-order valence-electron chi connectivity index (χ0n) is 17.3. The Kier molecular flexibility index (Phi) is 5.73. The number of alkyl halides is 3. The molecule has 0 spiro atoms. The molecule has 170 valence electrons. The third-order valence-corrected chi connectivity index (χ3v) is 5.21. The predicted molar refractivity (Wildman–Crippen MR) is 113 cm³/mol. The number of aryl methyl sites for hydroxylation is 1. The normalized spacial score (nSPS) is 12.6. The van der Waals surface area contributed by atoms with E-state index in [4.69, 9.17) is 0 Å². The third-order valence-electron chi connectivity index (χ3n) is 5.21. The van der Waals surface area contributed by atoms with E-state index in [9.17, 15) is 28.4 Å². The Balaban J connectivity index is 1.60. The van der Waals surface area contributed by atoms with Crippen molar-refractivity contribution in [2.75, 3.05) is 0 Å². The van der Waals surface area contributed by atoms with Crippen LogP contribution in [-0.2, 0) is 19.6 Å². The minimum Gasteiger partial charge on any atom is -0.388 e. The molecule has 1 unspecified atom stereocenters. The van der Waals surface area contributed by atoms with Gasteiger partial charge in [0.2, 0.25) is 0 Å². The van der Waals surface area contributed by atoms with Crippen LogP contribution in [0.15, 0.2) is 67.0 Å². The minimum absolute atomic E-state index is 0.0447. The van der Waals surface area contributed by atoms with Crippen LogP contribution >= 0.6 is 0 Å². The highest BCUT2D eigenvalue weighted by molar-refractivity contribution is 5.65. The second kappa shape index (κ2) is 8.51. The SMILES string of the molecule is Cn1nc(C(F)(F)F)cc1-c1ccc(CC(O)c2ccc(-n3cccn3)cc2)c([N+](=O)[O-])c1. The van der Waals surface area contributed by atoms with Gasteiger partial charge in [-0.1, -0.05) is 24.3 Å². The van der Waals surface area contributed by atoms with E-state index in [-0.39, 0.29) is 28.9 Å². The summed E-state index contributed by atoms with van der Waals surface area (Å²) in [7, 11) is 1.33. The van der Waals surface area contributed by atoms with Gasteiger partial charge in [-0.05, 0) is 29.8 Å². The second-order valence-electron chi connectivity index (χ2n) is 7.40. The summed E-state index contributed by atoms with van der Waals surface area (Å²) in [5, 5.41) is 29.9. The molecule has 0 aliphatic carbocycles. The highest BCUT2D eigenvalue weighted by Crippen LogP contribution is 2.34. The summed E-state index contributed by atoms with van der Waals surface area (Å²) in [5.74, 6) is 0. The van der Waals surface area contributed by atoms with Gasteiger partial charge in [0.05, 0.1) is 22.4 Å². The molecule has 1 atom stereocenters. The van der Waals surface area contributed by atoms with Gasteiger partial charge in [0, 0.05) is 43.1 Å². The van der Waals surface area contributed by atoms with Gasteiger partial charge in [-0.15, -0.1) is 0 Å². The Labute approximate surface area is 185 Å². The number of hydrogen-bond acceptors (Lipinski definition) is 5. The summed E-state index contributed by atoms with van der Waals surface area (Å²) < 4.78 is 41.6. The van der Waals surface area contributed by atoms with Crippen molar-refractivity contribution >= 4 is 5.69 Å². The van der Waals surface area contributed by atoms with Crippen molar-refractivity contribution < 1.29 is 23.2 Å². The number of rotatable bonds is 6. The summed E-state index contributed by atoms with van der Waals surface area (Å²) in [6.45, 7) is 0. The van der Waals surface area contributed by atoms with E-state index in [1.54, 1.807) is 47.4 Å². The number of aromatic nitrogens is 4. The Bertz CT molecular complexity index is 1280. The lowest BCUT2D eigenvalue weighted by molar-refractivity contribution is -0.385. The molecule has 0 aliphatic heterocycles. The van der Waals surface area contributed by atoms with Gasteiger partial charge in [0.1, 0.15) is 0 Å². The summed E-state index contributed by atoms with van der Waals surface area (Å²) in [6.07, 6.45) is -2.28. The Morgan fingerprint density at radius 2 is 1.88 bits per heavy atom. The molecule has 0 aliphatic rings. The molecule has 2 heterocycles. The zero-order chi connectivity index (χ0) is 23.8. The molecule has 0 amide bonds. The lowest BCUT2D eigenvalue weighted by Gasteiger charge is -2.13. The average molecular weight is 457 g/mol. The van der Waals surface area contributed by atoms with E-state index in [1.807, 2.05) is 0 Å². The molecule has 4 rings (SSSR count). The number of aliphatic hydroxyl groups is 1. The van der Waals surface area contributed by atoms with E-state index >= 15 is 0 Å². The molecule has 0 radical (unpaired) electrons. The smallest absolute Gasteiger partial charge is 0.388 e. The molecule has 0 saturated carbocycles. The van der Waals surface area contributed by atoms with Crippen LogP contribution in [-0.4, -0.2) is 29.6 Å². The Morgan fingerprint density at radius 1 is 1.15 bits per heavy atom. The lowest BCUT2D eigenvalue weighted by Crippen LogP contribution is -2.06. The molecule has 8 nitrogen and oxygen atoms in total. The van der Waals surface area contributed by atoms with Gasteiger partial charge >= 0.3 is 6.18 Å². The summed E-state index contributed by atoms with van der Waals surface area (Å²) in [6, 6.07) is 13.7. The molecular weight excluding hydrogens is 439 g/mol. The number of nitrogens with zero attached hydrogens (tertiary/aromatic N) is 5. The van der Waals surface area contributed by atoms with Gasteiger partial charge in [-0.2, -0.15) is 23.4 Å². The first-order valence-corrected chi connectivity index (χ1v) is 9.80. The van der Waals surface area contributed by atoms with Crippen LogP contribution in [0, 0.1) is 10.1 Å². The quantitative estimate of drug-likeness (QED) is 0.340. The van der Waals surface area contributed by atoms with Crippen molar-refractivity contribution in [1.82, 2.24) is 19.6 Å². The number of nitro benzene ring substituents is 1. The Hall–Kier alpha value is -3.99. The second-order valence-corrected chi connectivity index (χ2v) is 7.40. The number of nitro groups is 1. The minimum atomic E-state index is -4.63. The molecule has 0 bridgehead atoms. The molecule has 2 aromatic heterocycles. The van der Waals surface area contributed by atoms with E-state index in [0.717, 1.165) is 16.4 Å². The highest BCUT2D eigenvalue weighted by Gasteiger charge is 2.35. The first-order chi connectivity index (χ1) is 15.6. The summed E-state index contributed by atoms with van der Waals surface area (Å²) in [5.41, 5.74) is 0.535. The number of halogens is 3. The maximum absolute atomic E-state index is 13.0. The van der Waals surface area contributed by atoms with Gasteiger partial charge in [-0.3, -0.25) is 14.8 Å². The van der Waals surface area contributed by atoms with Gasteiger partial charge in [0.15, 0.2) is 5.69 Å². The van der Waals surface area contributed by atoms with Gasteiger partial charge < -0.3 is 5.11 Å². The molecule has 0 fully saturated rings. The van der Waals surface area contributed by atoms with Gasteiger partial charge in [0.25, 0.3) is 5.69 Å². The van der Waals surface area contributed by atoms with Crippen LogP contribution < -0.4 is 0 Å². The van der Waals surface area contributed by atoms with Crippen LogP contribution in [0.5, 0.6) is 0 Å². The zero-order valence-corrected chi connectivity index (χ0v) is 17.3. The molecule has 1 N–H and O–H groups in total. The average Bonchev–Trinajstić information content (AvgIpc) is 3.44. The van der Waals surface area contributed by atoms with E-state index in [1.165, 1.54) is 25.2 Å². The first-order valence-electron chi connectivity index (χ1n) is 9.80. The molecule has 4 aromatic rings. The summed E-state index contributed by atoms with van der Waals surface area (Å²) >= 11 is 0. The molecule has 11 heteroatoms. The summed E-state index contributed by atoms with van der Waals surface area (Å²) in [4.78, 5) is 11.0. The van der Waals surface area contributed by atoms with Crippen LogP contribution in [0.2, 0.25) is 0 Å².